The van der Waals surface area contributed by atoms with Gasteiger partial charge in [0.1, 0.15) is 0 Å². The molecule has 2 aromatic carbocycles. The largest absolute Gasteiger partial charge is 0.356 e. The lowest BCUT2D eigenvalue weighted by Crippen LogP contribution is -2.44. The topological polar surface area (TPSA) is 49.4 Å². The summed E-state index contributed by atoms with van der Waals surface area (Å²) in [5.41, 5.74) is 2.02. The molecule has 1 fully saturated rings. The number of carbonyl (C=O) groups is 2. The number of nitrogens with zero attached hydrogens (tertiary/aromatic N) is 1. The summed E-state index contributed by atoms with van der Waals surface area (Å²) in [6, 6.07) is 19.9. The first-order valence-electron chi connectivity index (χ1n) is 9.37. The molecule has 1 saturated heterocycles. The summed E-state index contributed by atoms with van der Waals surface area (Å²) in [5.74, 6) is -0.0386. The minimum absolute atomic E-state index is 0.0194. The van der Waals surface area contributed by atoms with Crippen molar-refractivity contribution in [2.24, 2.45) is 5.92 Å². The van der Waals surface area contributed by atoms with Crippen LogP contribution in [0.3, 0.4) is 0 Å². The Morgan fingerprint density at radius 1 is 0.962 bits per heavy atom. The quantitative estimate of drug-likeness (QED) is 0.900. The van der Waals surface area contributed by atoms with E-state index in [9.17, 15) is 9.59 Å². The van der Waals surface area contributed by atoms with Crippen LogP contribution in [0, 0.1) is 5.92 Å². The number of rotatable bonds is 5. The van der Waals surface area contributed by atoms with Gasteiger partial charge in [0, 0.05) is 25.6 Å². The van der Waals surface area contributed by atoms with E-state index in [2.05, 4.69) is 5.32 Å². The second kappa shape index (κ2) is 8.65. The second-order valence-electron chi connectivity index (χ2n) is 6.75. The molecule has 2 amide bonds. The van der Waals surface area contributed by atoms with E-state index in [1.807, 2.05) is 72.5 Å². The van der Waals surface area contributed by atoms with Crippen LogP contribution < -0.4 is 5.32 Å². The molecule has 0 atom stereocenters. The van der Waals surface area contributed by atoms with Crippen molar-refractivity contribution in [3.05, 3.63) is 71.8 Å². The highest BCUT2D eigenvalue weighted by Gasteiger charge is 2.32. The number of piperidine rings is 1. The van der Waals surface area contributed by atoms with E-state index in [-0.39, 0.29) is 23.7 Å². The average Bonchev–Trinajstić information content (AvgIpc) is 2.70. The molecule has 1 aliphatic rings. The number of nitrogens with one attached hydrogen (secondary N) is 1. The summed E-state index contributed by atoms with van der Waals surface area (Å²) < 4.78 is 0. The SMILES string of the molecule is CCNC(=O)C1CCN(C(=O)C(c2ccccc2)c2ccccc2)CC1. The summed E-state index contributed by atoms with van der Waals surface area (Å²) >= 11 is 0. The van der Waals surface area contributed by atoms with E-state index < -0.39 is 0 Å². The number of carbonyl (C=O) groups excluding carboxylic acids is 2. The maximum atomic E-state index is 13.3. The van der Waals surface area contributed by atoms with Crippen LogP contribution >= 0.6 is 0 Å². The average molecular weight is 350 g/mol. The Hall–Kier alpha value is -2.62. The standard InChI is InChI=1S/C22H26N2O2/c1-2-23-21(25)19-13-15-24(16-14-19)22(26)20(17-9-5-3-6-10-17)18-11-7-4-8-12-18/h3-12,19-20H,2,13-16H2,1H3,(H,23,25). The zero-order valence-corrected chi connectivity index (χ0v) is 15.2. The summed E-state index contributed by atoms with van der Waals surface area (Å²) in [4.78, 5) is 27.3. The molecule has 0 spiro atoms. The Kier molecular flexibility index (Phi) is 6.05. The van der Waals surface area contributed by atoms with Gasteiger partial charge in [0.25, 0.3) is 0 Å². The molecule has 4 heteroatoms. The Morgan fingerprint density at radius 2 is 1.46 bits per heavy atom. The van der Waals surface area contributed by atoms with E-state index in [0.717, 1.165) is 24.0 Å². The van der Waals surface area contributed by atoms with Crippen molar-refractivity contribution in [1.82, 2.24) is 10.2 Å². The van der Waals surface area contributed by atoms with E-state index in [0.29, 0.717) is 19.6 Å². The summed E-state index contributed by atoms with van der Waals surface area (Å²) in [6.07, 6.45) is 1.46. The molecule has 0 aromatic heterocycles. The number of likely N-dealkylation sites (tertiary alicyclic amines) is 1. The highest BCUT2D eigenvalue weighted by Crippen LogP contribution is 2.29. The Labute approximate surface area is 155 Å². The maximum absolute atomic E-state index is 13.3. The van der Waals surface area contributed by atoms with Crippen LogP contribution in [0.25, 0.3) is 0 Å². The van der Waals surface area contributed by atoms with Crippen molar-refractivity contribution >= 4 is 11.8 Å². The summed E-state index contributed by atoms with van der Waals surface area (Å²) in [6.45, 7) is 3.86. The molecule has 4 nitrogen and oxygen atoms in total. The lowest BCUT2D eigenvalue weighted by molar-refractivity contribution is -0.136. The molecular formula is C22H26N2O2. The minimum atomic E-state index is -0.293. The fourth-order valence-electron chi connectivity index (χ4n) is 3.63. The summed E-state index contributed by atoms with van der Waals surface area (Å²) in [7, 11) is 0. The first-order chi connectivity index (χ1) is 12.7. The van der Waals surface area contributed by atoms with Gasteiger partial charge in [-0.3, -0.25) is 9.59 Å². The Bertz CT molecular complexity index is 683. The molecule has 0 bridgehead atoms. The van der Waals surface area contributed by atoms with Crippen LogP contribution in [-0.2, 0) is 9.59 Å². The lowest BCUT2D eigenvalue weighted by atomic mass is 9.88. The van der Waals surface area contributed by atoms with Crippen molar-refractivity contribution in [2.75, 3.05) is 19.6 Å². The molecule has 1 aliphatic heterocycles. The van der Waals surface area contributed by atoms with Gasteiger partial charge in [-0.1, -0.05) is 60.7 Å². The van der Waals surface area contributed by atoms with Crippen molar-refractivity contribution in [2.45, 2.75) is 25.7 Å². The molecule has 0 saturated carbocycles. The smallest absolute Gasteiger partial charge is 0.234 e. The predicted molar refractivity (Wildman–Crippen MR) is 103 cm³/mol. The molecular weight excluding hydrogens is 324 g/mol. The van der Waals surface area contributed by atoms with Gasteiger partial charge >= 0.3 is 0 Å². The fraction of sp³-hybridized carbons (Fsp3) is 0.364. The highest BCUT2D eigenvalue weighted by atomic mass is 16.2. The molecule has 0 radical (unpaired) electrons. The third kappa shape index (κ3) is 4.13. The van der Waals surface area contributed by atoms with Gasteiger partial charge in [-0.2, -0.15) is 0 Å². The zero-order chi connectivity index (χ0) is 18.4. The lowest BCUT2D eigenvalue weighted by Gasteiger charge is -2.34. The number of hydrogen-bond donors (Lipinski definition) is 1. The molecule has 26 heavy (non-hydrogen) atoms. The van der Waals surface area contributed by atoms with E-state index in [1.165, 1.54) is 0 Å². The number of hydrogen-bond acceptors (Lipinski definition) is 2. The van der Waals surface area contributed by atoms with Crippen LogP contribution in [0.15, 0.2) is 60.7 Å². The normalized spacial score (nSPS) is 15.1. The molecule has 2 aromatic rings. The van der Waals surface area contributed by atoms with Gasteiger partial charge in [-0.25, -0.2) is 0 Å². The molecule has 0 unspecified atom stereocenters. The van der Waals surface area contributed by atoms with E-state index >= 15 is 0 Å². The monoisotopic (exact) mass is 350 g/mol. The predicted octanol–water partition coefficient (Wildman–Crippen LogP) is 3.19. The van der Waals surface area contributed by atoms with E-state index in [4.69, 9.17) is 0 Å². The number of benzene rings is 2. The molecule has 1 heterocycles. The highest BCUT2D eigenvalue weighted by molar-refractivity contribution is 5.87. The first kappa shape index (κ1) is 18.2. The van der Waals surface area contributed by atoms with Gasteiger partial charge in [0.2, 0.25) is 11.8 Å². The third-order valence-corrected chi connectivity index (χ3v) is 5.04. The van der Waals surface area contributed by atoms with Crippen LogP contribution in [0.4, 0.5) is 0 Å². The van der Waals surface area contributed by atoms with Crippen LogP contribution in [0.1, 0.15) is 36.8 Å². The third-order valence-electron chi connectivity index (χ3n) is 5.04. The van der Waals surface area contributed by atoms with Gasteiger partial charge in [0.15, 0.2) is 0 Å². The first-order valence-corrected chi connectivity index (χ1v) is 9.37. The van der Waals surface area contributed by atoms with Crippen LogP contribution in [0.2, 0.25) is 0 Å². The second-order valence-corrected chi connectivity index (χ2v) is 6.75. The Morgan fingerprint density at radius 3 is 1.92 bits per heavy atom. The van der Waals surface area contributed by atoms with Crippen molar-refractivity contribution in [1.29, 1.82) is 0 Å². The maximum Gasteiger partial charge on any atom is 0.234 e. The molecule has 3 rings (SSSR count). The van der Waals surface area contributed by atoms with Crippen LogP contribution in [-0.4, -0.2) is 36.3 Å². The number of amides is 2. The van der Waals surface area contributed by atoms with Crippen molar-refractivity contribution in [3.8, 4) is 0 Å². The fourth-order valence-corrected chi connectivity index (χ4v) is 3.63. The molecule has 1 N–H and O–H groups in total. The molecule has 0 aliphatic carbocycles. The van der Waals surface area contributed by atoms with E-state index in [1.54, 1.807) is 0 Å². The minimum Gasteiger partial charge on any atom is -0.356 e. The molecule has 136 valence electrons. The van der Waals surface area contributed by atoms with Crippen LogP contribution in [0.5, 0.6) is 0 Å². The van der Waals surface area contributed by atoms with Gasteiger partial charge in [0.05, 0.1) is 5.92 Å². The van der Waals surface area contributed by atoms with Gasteiger partial charge in [-0.15, -0.1) is 0 Å². The Balaban J connectivity index is 1.76. The van der Waals surface area contributed by atoms with Crippen molar-refractivity contribution < 1.29 is 9.59 Å². The van der Waals surface area contributed by atoms with Gasteiger partial charge in [-0.05, 0) is 30.9 Å². The summed E-state index contributed by atoms with van der Waals surface area (Å²) in [5, 5.41) is 2.89. The van der Waals surface area contributed by atoms with Crippen molar-refractivity contribution in [3.63, 3.8) is 0 Å². The van der Waals surface area contributed by atoms with Gasteiger partial charge < -0.3 is 10.2 Å². The zero-order valence-electron chi connectivity index (χ0n) is 15.2.